The van der Waals surface area contributed by atoms with Crippen molar-refractivity contribution in [1.29, 1.82) is 0 Å². The second-order valence-electron chi connectivity index (χ2n) is 8.67. The Morgan fingerprint density at radius 3 is 2.52 bits per heavy atom. The summed E-state index contributed by atoms with van der Waals surface area (Å²) in [5, 5.41) is 9.62. The number of hydrogen-bond donors (Lipinski definition) is 1. The highest BCUT2D eigenvalue weighted by atomic mass is 32.2. The van der Waals surface area contributed by atoms with Gasteiger partial charge in [-0.25, -0.2) is 0 Å². The normalized spacial score (nSPS) is 30.8. The molecule has 4 unspecified atom stereocenters. The minimum absolute atomic E-state index is 0.252. The first-order valence-corrected chi connectivity index (χ1v) is 12.4. The van der Waals surface area contributed by atoms with E-state index in [1.165, 1.54) is 70.0 Å². The molecule has 1 aliphatic carbocycles. The van der Waals surface area contributed by atoms with Crippen LogP contribution in [0.3, 0.4) is 0 Å². The Morgan fingerprint density at radius 2 is 1.74 bits per heavy atom. The average molecular weight is 399 g/mol. The molecule has 2 aliphatic heterocycles. The molecule has 0 amide bonds. The van der Waals surface area contributed by atoms with E-state index >= 15 is 0 Å². The quantitative estimate of drug-likeness (QED) is 0.427. The Morgan fingerprint density at radius 1 is 0.963 bits per heavy atom. The SMILES string of the molecule is O=C(O)CCCCOCC1C2CCC(O2)C1CCCCSC1CCCCC1. The molecule has 0 radical (unpaired) electrons. The van der Waals surface area contributed by atoms with Crippen LogP contribution in [0.25, 0.3) is 0 Å². The maximum atomic E-state index is 10.5. The van der Waals surface area contributed by atoms with E-state index in [2.05, 4.69) is 11.8 Å². The molecule has 27 heavy (non-hydrogen) atoms. The minimum Gasteiger partial charge on any atom is -0.481 e. The third-order valence-corrected chi connectivity index (χ3v) is 8.13. The molecule has 2 bridgehead atoms. The molecule has 0 aromatic heterocycles. The number of carboxylic acids is 1. The Labute approximate surface area is 169 Å². The van der Waals surface area contributed by atoms with Crippen LogP contribution >= 0.6 is 11.8 Å². The van der Waals surface area contributed by atoms with Gasteiger partial charge < -0.3 is 14.6 Å². The molecular formula is C22H38O4S. The van der Waals surface area contributed by atoms with Crippen LogP contribution in [0.2, 0.25) is 0 Å². The summed E-state index contributed by atoms with van der Waals surface area (Å²) in [4.78, 5) is 10.5. The maximum absolute atomic E-state index is 10.5. The van der Waals surface area contributed by atoms with E-state index in [-0.39, 0.29) is 6.42 Å². The van der Waals surface area contributed by atoms with Gasteiger partial charge in [0.05, 0.1) is 18.8 Å². The Kier molecular flexibility index (Phi) is 9.27. The van der Waals surface area contributed by atoms with E-state index in [9.17, 15) is 4.79 Å². The van der Waals surface area contributed by atoms with Crippen LogP contribution in [0, 0.1) is 11.8 Å². The van der Waals surface area contributed by atoms with Gasteiger partial charge in [0, 0.05) is 24.2 Å². The third kappa shape index (κ3) is 6.93. The second kappa shape index (κ2) is 11.7. The van der Waals surface area contributed by atoms with Crippen molar-refractivity contribution >= 4 is 17.7 Å². The zero-order valence-corrected chi connectivity index (χ0v) is 17.6. The molecule has 0 aromatic carbocycles. The smallest absolute Gasteiger partial charge is 0.303 e. The van der Waals surface area contributed by atoms with Crippen LogP contribution in [0.1, 0.15) is 83.5 Å². The van der Waals surface area contributed by atoms with Gasteiger partial charge in [0.25, 0.3) is 0 Å². The Balaban J connectivity index is 1.28. The summed E-state index contributed by atoms with van der Waals surface area (Å²) in [6.45, 7) is 1.49. The van der Waals surface area contributed by atoms with Gasteiger partial charge >= 0.3 is 5.97 Å². The first-order chi connectivity index (χ1) is 13.2. The summed E-state index contributed by atoms with van der Waals surface area (Å²) in [5.74, 6) is 1.87. The average Bonchev–Trinajstić information content (AvgIpc) is 3.27. The molecule has 156 valence electrons. The fourth-order valence-electron chi connectivity index (χ4n) is 5.17. The van der Waals surface area contributed by atoms with Crippen molar-refractivity contribution in [2.24, 2.45) is 11.8 Å². The zero-order chi connectivity index (χ0) is 18.9. The van der Waals surface area contributed by atoms with Gasteiger partial charge in [0.2, 0.25) is 0 Å². The molecule has 5 heteroatoms. The van der Waals surface area contributed by atoms with Crippen LogP contribution in [-0.2, 0) is 14.3 Å². The van der Waals surface area contributed by atoms with Crippen molar-refractivity contribution in [2.75, 3.05) is 19.0 Å². The van der Waals surface area contributed by atoms with Gasteiger partial charge in [0.15, 0.2) is 0 Å². The van der Waals surface area contributed by atoms with Crippen LogP contribution in [-0.4, -0.2) is 47.5 Å². The molecule has 3 aliphatic rings. The maximum Gasteiger partial charge on any atom is 0.303 e. The largest absolute Gasteiger partial charge is 0.481 e. The predicted octanol–water partition coefficient (Wildman–Crippen LogP) is 5.29. The number of hydrogen-bond acceptors (Lipinski definition) is 4. The van der Waals surface area contributed by atoms with Crippen molar-refractivity contribution in [1.82, 2.24) is 0 Å². The van der Waals surface area contributed by atoms with Gasteiger partial charge in [0.1, 0.15) is 0 Å². The predicted molar refractivity (Wildman–Crippen MR) is 110 cm³/mol. The highest BCUT2D eigenvalue weighted by molar-refractivity contribution is 7.99. The lowest BCUT2D eigenvalue weighted by Crippen LogP contribution is -2.31. The fraction of sp³-hybridized carbons (Fsp3) is 0.955. The molecule has 4 atom stereocenters. The van der Waals surface area contributed by atoms with Crippen molar-refractivity contribution in [3.8, 4) is 0 Å². The van der Waals surface area contributed by atoms with E-state index in [0.29, 0.717) is 37.1 Å². The summed E-state index contributed by atoms with van der Waals surface area (Å²) in [6.07, 6.45) is 16.3. The summed E-state index contributed by atoms with van der Waals surface area (Å²) >= 11 is 2.22. The van der Waals surface area contributed by atoms with E-state index in [4.69, 9.17) is 14.6 Å². The second-order valence-corrected chi connectivity index (χ2v) is 10.1. The molecule has 0 spiro atoms. The topological polar surface area (TPSA) is 55.8 Å². The molecule has 2 saturated heterocycles. The number of carbonyl (C=O) groups is 1. The van der Waals surface area contributed by atoms with Gasteiger partial charge in [-0.05, 0) is 63.0 Å². The highest BCUT2D eigenvalue weighted by Gasteiger charge is 2.48. The first kappa shape index (κ1) is 21.4. The number of aliphatic carboxylic acids is 1. The summed E-state index contributed by atoms with van der Waals surface area (Å²) in [6, 6.07) is 0. The minimum atomic E-state index is -0.710. The van der Waals surface area contributed by atoms with Gasteiger partial charge in [-0.3, -0.25) is 4.79 Å². The molecule has 1 saturated carbocycles. The third-order valence-electron chi connectivity index (χ3n) is 6.67. The number of fused-ring (bicyclic) bond motifs is 2. The standard InChI is InChI=1S/C22H38O4S/c23-22(24)11-4-6-14-25-16-19-18(20-12-13-21(19)26-20)10-5-7-15-27-17-8-2-1-3-9-17/h17-21H,1-16H2,(H,23,24). The van der Waals surface area contributed by atoms with Crippen LogP contribution in [0.5, 0.6) is 0 Å². The molecule has 4 nitrogen and oxygen atoms in total. The number of carboxylic acid groups (broad SMARTS) is 1. The van der Waals surface area contributed by atoms with Crippen molar-refractivity contribution < 1.29 is 19.4 Å². The van der Waals surface area contributed by atoms with Crippen LogP contribution in [0.4, 0.5) is 0 Å². The van der Waals surface area contributed by atoms with Gasteiger partial charge in [-0.15, -0.1) is 0 Å². The molecule has 1 N–H and O–H groups in total. The summed E-state index contributed by atoms with van der Waals surface area (Å²) in [5.41, 5.74) is 0. The number of thioether (sulfide) groups is 1. The Hall–Kier alpha value is -0.260. The van der Waals surface area contributed by atoms with Crippen molar-refractivity contribution in [3.05, 3.63) is 0 Å². The molecule has 3 fully saturated rings. The summed E-state index contributed by atoms with van der Waals surface area (Å²) < 4.78 is 12.1. The highest BCUT2D eigenvalue weighted by Crippen LogP contribution is 2.45. The van der Waals surface area contributed by atoms with E-state index in [1.54, 1.807) is 0 Å². The number of unbranched alkanes of at least 4 members (excludes halogenated alkanes) is 2. The zero-order valence-electron chi connectivity index (χ0n) is 16.8. The van der Waals surface area contributed by atoms with E-state index < -0.39 is 5.97 Å². The van der Waals surface area contributed by atoms with Gasteiger partial charge in [-0.1, -0.05) is 25.7 Å². The fourth-order valence-corrected chi connectivity index (χ4v) is 6.54. The van der Waals surface area contributed by atoms with Crippen LogP contribution < -0.4 is 0 Å². The number of rotatable bonds is 13. The molecule has 2 heterocycles. The molecular weight excluding hydrogens is 360 g/mol. The lowest BCUT2D eigenvalue weighted by atomic mass is 9.77. The first-order valence-electron chi connectivity index (χ1n) is 11.3. The molecule has 0 aromatic rings. The lowest BCUT2D eigenvalue weighted by molar-refractivity contribution is -0.137. The molecule has 3 rings (SSSR count). The van der Waals surface area contributed by atoms with E-state index in [1.807, 2.05) is 0 Å². The monoisotopic (exact) mass is 398 g/mol. The lowest BCUT2D eigenvalue weighted by Gasteiger charge is -2.28. The van der Waals surface area contributed by atoms with Crippen LogP contribution in [0.15, 0.2) is 0 Å². The number of ether oxygens (including phenoxy) is 2. The van der Waals surface area contributed by atoms with Gasteiger partial charge in [-0.2, -0.15) is 11.8 Å². The van der Waals surface area contributed by atoms with Crippen molar-refractivity contribution in [3.63, 3.8) is 0 Å². The summed E-state index contributed by atoms with van der Waals surface area (Å²) in [7, 11) is 0. The van der Waals surface area contributed by atoms with Crippen molar-refractivity contribution in [2.45, 2.75) is 101 Å². The van der Waals surface area contributed by atoms with E-state index in [0.717, 1.165) is 18.3 Å². The Bertz CT molecular complexity index is 438.